The number of nitrogens with zero attached hydrogens (tertiary/aromatic N) is 2. The molecule has 72 valence electrons. The van der Waals surface area contributed by atoms with Gasteiger partial charge in [0.1, 0.15) is 0 Å². The third kappa shape index (κ3) is 1.28. The van der Waals surface area contributed by atoms with Crippen LogP contribution in [-0.2, 0) is 12.8 Å². The van der Waals surface area contributed by atoms with Crippen LogP contribution >= 0.6 is 0 Å². The molecule has 3 rings (SSSR count). The minimum atomic E-state index is 0.129. The molecule has 0 saturated heterocycles. The molecule has 1 aliphatic rings. The monoisotopic (exact) mass is 194 g/mol. The highest BCUT2D eigenvalue weighted by atomic mass is 14.7. The van der Waals surface area contributed by atoms with Gasteiger partial charge in [-0.05, 0) is 24.1 Å². The number of hydrogen-bond acceptors (Lipinski definition) is 2. The van der Waals surface area contributed by atoms with E-state index in [0.29, 0.717) is 0 Å². The largest absolute Gasteiger partial charge is 0.253 e. The molecule has 1 aromatic carbocycles. The first-order valence-electron chi connectivity index (χ1n) is 5.14. The van der Waals surface area contributed by atoms with E-state index in [0.717, 1.165) is 24.1 Å². The summed E-state index contributed by atoms with van der Waals surface area (Å²) in [4.78, 5) is 4.60. The van der Waals surface area contributed by atoms with Crippen molar-refractivity contribution in [2.75, 3.05) is 0 Å². The zero-order valence-corrected chi connectivity index (χ0v) is 8.27. The Hall–Kier alpha value is -1.88. The molecule has 0 amide bonds. The van der Waals surface area contributed by atoms with Crippen LogP contribution in [0.5, 0.6) is 0 Å². The Labute approximate surface area is 88.2 Å². The van der Waals surface area contributed by atoms with Crippen LogP contribution in [0.4, 0.5) is 0 Å². The molecule has 15 heavy (non-hydrogen) atoms. The first-order valence-corrected chi connectivity index (χ1v) is 5.14. The summed E-state index contributed by atoms with van der Waals surface area (Å²) in [5, 5.41) is 10.1. The Bertz CT molecular complexity index is 522. The van der Waals surface area contributed by atoms with Crippen LogP contribution in [0.1, 0.15) is 11.3 Å². The Balaban J connectivity index is 2.19. The van der Waals surface area contributed by atoms with Crippen LogP contribution < -0.4 is 0 Å². The Morgan fingerprint density at radius 2 is 2.13 bits per heavy atom. The van der Waals surface area contributed by atoms with Crippen LogP contribution in [0.2, 0.25) is 0 Å². The third-order valence-electron chi connectivity index (χ3n) is 2.98. The summed E-state index contributed by atoms with van der Waals surface area (Å²) < 4.78 is 0. The number of nitriles is 1. The lowest BCUT2D eigenvalue weighted by atomic mass is 10.1. The quantitative estimate of drug-likeness (QED) is 0.646. The maximum atomic E-state index is 8.90. The van der Waals surface area contributed by atoms with E-state index in [-0.39, 0.29) is 5.92 Å². The molecular formula is C13H10N2. The fourth-order valence-corrected chi connectivity index (χ4v) is 2.22. The van der Waals surface area contributed by atoms with Crippen molar-refractivity contribution in [1.29, 1.82) is 5.26 Å². The number of fused-ring (bicyclic) bond motifs is 2. The van der Waals surface area contributed by atoms with Crippen molar-refractivity contribution >= 4 is 10.9 Å². The molecular weight excluding hydrogens is 184 g/mol. The summed E-state index contributed by atoms with van der Waals surface area (Å²) in [6, 6.07) is 12.6. The smallest absolute Gasteiger partial charge is 0.0705 e. The summed E-state index contributed by atoms with van der Waals surface area (Å²) in [6.07, 6.45) is 1.68. The van der Waals surface area contributed by atoms with Crippen molar-refractivity contribution in [2.45, 2.75) is 12.8 Å². The van der Waals surface area contributed by atoms with Gasteiger partial charge in [-0.3, -0.25) is 4.98 Å². The van der Waals surface area contributed by atoms with E-state index in [9.17, 15) is 0 Å². The van der Waals surface area contributed by atoms with E-state index >= 15 is 0 Å². The van der Waals surface area contributed by atoms with Crippen molar-refractivity contribution in [3.05, 3.63) is 41.6 Å². The Morgan fingerprint density at radius 1 is 1.27 bits per heavy atom. The lowest BCUT2D eigenvalue weighted by Gasteiger charge is -2.01. The molecule has 2 aromatic rings. The average molecular weight is 194 g/mol. The van der Waals surface area contributed by atoms with Crippen LogP contribution in [0, 0.1) is 17.2 Å². The normalized spacial score (nSPS) is 18.7. The number of benzene rings is 1. The van der Waals surface area contributed by atoms with Gasteiger partial charge in [-0.2, -0.15) is 5.26 Å². The molecule has 0 N–H and O–H groups in total. The maximum absolute atomic E-state index is 8.90. The van der Waals surface area contributed by atoms with E-state index in [4.69, 9.17) is 5.26 Å². The lowest BCUT2D eigenvalue weighted by molar-refractivity contribution is 0.715. The highest BCUT2D eigenvalue weighted by Gasteiger charge is 2.22. The molecule has 2 heteroatoms. The number of hydrogen-bond donors (Lipinski definition) is 0. The summed E-state index contributed by atoms with van der Waals surface area (Å²) in [5.74, 6) is 0.129. The number of aromatic nitrogens is 1. The van der Waals surface area contributed by atoms with Crippen LogP contribution in [0.3, 0.4) is 0 Å². The van der Waals surface area contributed by atoms with Crippen molar-refractivity contribution in [1.82, 2.24) is 4.98 Å². The molecule has 1 heterocycles. The summed E-state index contributed by atoms with van der Waals surface area (Å²) in [7, 11) is 0. The highest BCUT2D eigenvalue weighted by Crippen LogP contribution is 2.27. The zero-order valence-electron chi connectivity index (χ0n) is 8.27. The van der Waals surface area contributed by atoms with Gasteiger partial charge in [-0.1, -0.05) is 18.2 Å². The fourth-order valence-electron chi connectivity index (χ4n) is 2.22. The van der Waals surface area contributed by atoms with Crippen molar-refractivity contribution in [3.8, 4) is 6.07 Å². The standard InChI is InChI=1S/C13H10N2/c14-8-9-5-11-7-10-3-1-2-4-12(10)15-13(11)6-9/h1-4,7,9H,5-6H2/t9-/m1/s1. The number of rotatable bonds is 0. The van der Waals surface area contributed by atoms with Gasteiger partial charge in [0.2, 0.25) is 0 Å². The van der Waals surface area contributed by atoms with Gasteiger partial charge >= 0.3 is 0 Å². The van der Waals surface area contributed by atoms with E-state index in [2.05, 4.69) is 23.2 Å². The minimum absolute atomic E-state index is 0.129. The van der Waals surface area contributed by atoms with E-state index in [1.54, 1.807) is 0 Å². The van der Waals surface area contributed by atoms with E-state index < -0.39 is 0 Å². The maximum Gasteiger partial charge on any atom is 0.0705 e. The van der Waals surface area contributed by atoms with E-state index in [1.165, 1.54) is 10.9 Å². The van der Waals surface area contributed by atoms with Gasteiger partial charge in [0, 0.05) is 17.5 Å². The second-order valence-corrected chi connectivity index (χ2v) is 4.02. The van der Waals surface area contributed by atoms with Gasteiger partial charge in [-0.25, -0.2) is 0 Å². The van der Waals surface area contributed by atoms with Crippen LogP contribution in [-0.4, -0.2) is 4.98 Å². The molecule has 0 spiro atoms. The van der Waals surface area contributed by atoms with Gasteiger partial charge < -0.3 is 0 Å². The molecule has 0 saturated carbocycles. The van der Waals surface area contributed by atoms with Crippen LogP contribution in [0.15, 0.2) is 30.3 Å². The minimum Gasteiger partial charge on any atom is -0.253 e. The van der Waals surface area contributed by atoms with Crippen molar-refractivity contribution in [3.63, 3.8) is 0 Å². The number of para-hydroxylation sites is 1. The molecule has 0 bridgehead atoms. The summed E-state index contributed by atoms with van der Waals surface area (Å²) in [5.41, 5.74) is 3.40. The SMILES string of the molecule is N#C[C@@H]1Cc2cc3ccccc3nc2C1. The van der Waals surface area contributed by atoms with E-state index in [1.807, 2.05) is 18.2 Å². The number of pyridine rings is 1. The highest BCUT2D eigenvalue weighted by molar-refractivity contribution is 5.79. The predicted molar refractivity (Wildman–Crippen MR) is 58.3 cm³/mol. The molecule has 0 aliphatic heterocycles. The first-order chi connectivity index (χ1) is 7.36. The molecule has 0 unspecified atom stereocenters. The second kappa shape index (κ2) is 3.06. The second-order valence-electron chi connectivity index (χ2n) is 4.02. The predicted octanol–water partition coefficient (Wildman–Crippen LogP) is 2.47. The van der Waals surface area contributed by atoms with Gasteiger partial charge in [-0.15, -0.1) is 0 Å². The van der Waals surface area contributed by atoms with Crippen molar-refractivity contribution in [2.24, 2.45) is 5.92 Å². The molecule has 0 radical (unpaired) electrons. The summed E-state index contributed by atoms with van der Waals surface area (Å²) in [6.45, 7) is 0. The van der Waals surface area contributed by atoms with Gasteiger partial charge in [0.25, 0.3) is 0 Å². The molecule has 0 fully saturated rings. The Morgan fingerprint density at radius 3 is 3.00 bits per heavy atom. The topological polar surface area (TPSA) is 36.7 Å². The van der Waals surface area contributed by atoms with Crippen molar-refractivity contribution < 1.29 is 0 Å². The Kier molecular flexibility index (Phi) is 1.72. The van der Waals surface area contributed by atoms with Gasteiger partial charge in [0.05, 0.1) is 17.5 Å². The molecule has 1 aliphatic carbocycles. The third-order valence-corrected chi connectivity index (χ3v) is 2.98. The lowest BCUT2D eigenvalue weighted by Crippen LogP contribution is -1.93. The molecule has 1 atom stereocenters. The average Bonchev–Trinajstić information content (AvgIpc) is 2.67. The summed E-state index contributed by atoms with van der Waals surface area (Å²) >= 11 is 0. The fraction of sp³-hybridized carbons (Fsp3) is 0.231. The zero-order chi connectivity index (χ0) is 10.3. The molecule has 1 aromatic heterocycles. The molecule has 2 nitrogen and oxygen atoms in total. The van der Waals surface area contributed by atoms with Crippen LogP contribution in [0.25, 0.3) is 10.9 Å². The first kappa shape index (κ1) is 8.43. The van der Waals surface area contributed by atoms with Gasteiger partial charge in [0.15, 0.2) is 0 Å².